The van der Waals surface area contributed by atoms with Gasteiger partial charge in [0.05, 0.1) is 18.2 Å². The molecule has 0 radical (unpaired) electrons. The van der Waals surface area contributed by atoms with Crippen molar-refractivity contribution < 1.29 is 13.9 Å². The highest BCUT2D eigenvalue weighted by molar-refractivity contribution is 5.95. The van der Waals surface area contributed by atoms with E-state index in [1.165, 1.54) is 26.2 Å². The Bertz CT molecular complexity index is 496. The summed E-state index contributed by atoms with van der Waals surface area (Å²) in [5.74, 6) is -1.24. The van der Waals surface area contributed by atoms with Gasteiger partial charge < -0.3 is 10.1 Å². The van der Waals surface area contributed by atoms with Crippen molar-refractivity contribution in [2.75, 3.05) is 13.7 Å². The minimum absolute atomic E-state index is 0.0305. The van der Waals surface area contributed by atoms with Gasteiger partial charge in [0.2, 0.25) is 0 Å². The molecule has 1 aromatic carbocycles. The van der Waals surface area contributed by atoms with Crippen LogP contribution >= 0.6 is 0 Å². The van der Waals surface area contributed by atoms with Crippen LogP contribution in [0.3, 0.4) is 0 Å². The van der Waals surface area contributed by atoms with Gasteiger partial charge in [-0.05, 0) is 31.5 Å². The van der Waals surface area contributed by atoms with Crippen LogP contribution in [-0.2, 0) is 4.74 Å². The fourth-order valence-corrected chi connectivity index (χ4v) is 1.51. The van der Waals surface area contributed by atoms with E-state index >= 15 is 0 Å². The molecule has 1 atom stereocenters. The molecular weight excluding hydrogens is 235 g/mol. The van der Waals surface area contributed by atoms with Crippen LogP contribution in [0.4, 0.5) is 4.39 Å². The number of hydrogen-bond donors (Lipinski definition) is 1. The zero-order valence-electron chi connectivity index (χ0n) is 10.6. The van der Waals surface area contributed by atoms with E-state index in [2.05, 4.69) is 5.32 Å². The van der Waals surface area contributed by atoms with Gasteiger partial charge in [0, 0.05) is 7.11 Å². The van der Waals surface area contributed by atoms with Gasteiger partial charge in [-0.1, -0.05) is 6.07 Å². The molecule has 1 rings (SSSR count). The first-order valence-electron chi connectivity index (χ1n) is 5.41. The number of nitrogens with one attached hydrogen (secondary N) is 1. The summed E-state index contributed by atoms with van der Waals surface area (Å²) in [6.45, 7) is 3.28. The minimum Gasteiger partial charge on any atom is -0.381 e. The van der Waals surface area contributed by atoms with E-state index in [1.807, 2.05) is 6.07 Å². The van der Waals surface area contributed by atoms with Gasteiger partial charge in [-0.3, -0.25) is 4.79 Å². The quantitative estimate of drug-likeness (QED) is 0.886. The summed E-state index contributed by atoms with van der Waals surface area (Å²) in [5, 5.41) is 11.4. The highest BCUT2D eigenvalue weighted by atomic mass is 19.1. The predicted octanol–water partition coefficient (Wildman–Crippen LogP) is 1.79. The Balaban J connectivity index is 2.92. The van der Waals surface area contributed by atoms with Crippen LogP contribution in [0.15, 0.2) is 18.2 Å². The summed E-state index contributed by atoms with van der Waals surface area (Å²) in [6.07, 6.45) is 0. The van der Waals surface area contributed by atoms with E-state index < -0.39 is 17.3 Å². The van der Waals surface area contributed by atoms with Crippen LogP contribution < -0.4 is 5.32 Å². The molecule has 0 unspecified atom stereocenters. The molecule has 96 valence electrons. The summed E-state index contributed by atoms with van der Waals surface area (Å²) in [4.78, 5) is 11.9. The molecule has 1 N–H and O–H groups in total. The lowest BCUT2D eigenvalue weighted by molar-refractivity contribution is 0.0856. The van der Waals surface area contributed by atoms with Gasteiger partial charge >= 0.3 is 0 Å². The molecule has 0 bridgehead atoms. The minimum atomic E-state index is -1.18. The van der Waals surface area contributed by atoms with Gasteiger partial charge in [-0.25, -0.2) is 4.39 Å². The van der Waals surface area contributed by atoms with E-state index in [0.717, 1.165) is 5.56 Å². The monoisotopic (exact) mass is 250 g/mol. The average molecular weight is 250 g/mol. The fourth-order valence-electron chi connectivity index (χ4n) is 1.51. The van der Waals surface area contributed by atoms with Gasteiger partial charge in [0.1, 0.15) is 11.4 Å². The van der Waals surface area contributed by atoms with E-state index in [4.69, 9.17) is 10.00 Å². The largest absolute Gasteiger partial charge is 0.381 e. The van der Waals surface area contributed by atoms with Crippen molar-refractivity contribution in [1.29, 1.82) is 5.26 Å². The number of benzene rings is 1. The smallest absolute Gasteiger partial charge is 0.255 e. The number of rotatable bonds is 4. The van der Waals surface area contributed by atoms with Crippen molar-refractivity contribution in [3.63, 3.8) is 0 Å². The van der Waals surface area contributed by atoms with Crippen LogP contribution in [0.25, 0.3) is 0 Å². The topological polar surface area (TPSA) is 62.1 Å². The number of hydrogen-bond acceptors (Lipinski definition) is 3. The molecular formula is C13H15FN2O2. The molecule has 0 spiro atoms. The summed E-state index contributed by atoms with van der Waals surface area (Å²) >= 11 is 0. The van der Waals surface area contributed by atoms with Crippen molar-refractivity contribution in [1.82, 2.24) is 5.32 Å². The molecule has 0 saturated heterocycles. The Labute approximate surface area is 105 Å². The normalized spacial score (nSPS) is 13.5. The number of methoxy groups -OCH3 is 1. The first-order valence-corrected chi connectivity index (χ1v) is 5.41. The second-order valence-corrected chi connectivity index (χ2v) is 4.31. The molecule has 0 fully saturated rings. The lowest BCUT2D eigenvalue weighted by Gasteiger charge is -2.22. The predicted molar refractivity (Wildman–Crippen MR) is 64.5 cm³/mol. The second-order valence-electron chi connectivity index (χ2n) is 4.31. The maximum atomic E-state index is 13.6. The Hall–Kier alpha value is -1.93. The third-order valence-corrected chi connectivity index (χ3v) is 2.44. The van der Waals surface area contributed by atoms with Crippen LogP contribution in [0.1, 0.15) is 22.8 Å². The van der Waals surface area contributed by atoms with Crippen molar-refractivity contribution in [3.05, 3.63) is 35.1 Å². The number of nitriles is 1. The van der Waals surface area contributed by atoms with E-state index in [1.54, 1.807) is 13.0 Å². The standard InChI is InChI=1S/C13H15FN2O2/c1-9-4-5-10(11(14)6-9)12(17)16-13(2,7-15)8-18-3/h4-6H,8H2,1-3H3,(H,16,17)/t13-/m0/s1. The number of amides is 1. The van der Waals surface area contributed by atoms with Crippen molar-refractivity contribution in [2.24, 2.45) is 0 Å². The van der Waals surface area contributed by atoms with Crippen molar-refractivity contribution >= 4 is 5.91 Å². The molecule has 5 heteroatoms. The maximum Gasteiger partial charge on any atom is 0.255 e. The highest BCUT2D eigenvalue weighted by Gasteiger charge is 2.27. The number of ether oxygens (including phenoxy) is 1. The highest BCUT2D eigenvalue weighted by Crippen LogP contribution is 2.12. The van der Waals surface area contributed by atoms with E-state index in [9.17, 15) is 9.18 Å². The lowest BCUT2D eigenvalue weighted by Crippen LogP contribution is -2.48. The molecule has 0 heterocycles. The Kier molecular flexibility index (Phi) is 4.40. The van der Waals surface area contributed by atoms with Crippen LogP contribution in [0, 0.1) is 24.1 Å². The number of aryl methyl sites for hydroxylation is 1. The number of halogens is 1. The van der Waals surface area contributed by atoms with Crippen molar-refractivity contribution in [2.45, 2.75) is 19.4 Å². The summed E-state index contributed by atoms with van der Waals surface area (Å²) in [5.41, 5.74) is -0.537. The second kappa shape index (κ2) is 5.61. The molecule has 0 aromatic heterocycles. The molecule has 4 nitrogen and oxygen atoms in total. The molecule has 1 amide bonds. The Morgan fingerprint density at radius 1 is 1.61 bits per heavy atom. The van der Waals surface area contributed by atoms with Gasteiger partial charge in [-0.15, -0.1) is 0 Å². The summed E-state index contributed by atoms with van der Waals surface area (Å²) in [7, 11) is 1.42. The Morgan fingerprint density at radius 3 is 2.78 bits per heavy atom. The molecule has 18 heavy (non-hydrogen) atoms. The van der Waals surface area contributed by atoms with E-state index in [-0.39, 0.29) is 12.2 Å². The third kappa shape index (κ3) is 3.28. The molecule has 0 aliphatic heterocycles. The zero-order chi connectivity index (χ0) is 13.8. The van der Waals surface area contributed by atoms with Gasteiger partial charge in [0.15, 0.2) is 0 Å². The number of carbonyl (C=O) groups excluding carboxylic acids is 1. The summed E-state index contributed by atoms with van der Waals surface area (Å²) in [6, 6.07) is 6.23. The number of nitrogens with zero attached hydrogens (tertiary/aromatic N) is 1. The van der Waals surface area contributed by atoms with Crippen molar-refractivity contribution in [3.8, 4) is 6.07 Å². The maximum absolute atomic E-state index is 13.6. The molecule has 0 aliphatic rings. The Morgan fingerprint density at radius 2 is 2.28 bits per heavy atom. The third-order valence-electron chi connectivity index (χ3n) is 2.44. The molecule has 0 saturated carbocycles. The van der Waals surface area contributed by atoms with E-state index in [0.29, 0.717) is 0 Å². The van der Waals surface area contributed by atoms with Crippen LogP contribution in [0.5, 0.6) is 0 Å². The number of carbonyl (C=O) groups is 1. The van der Waals surface area contributed by atoms with Gasteiger partial charge in [-0.2, -0.15) is 5.26 Å². The van der Waals surface area contributed by atoms with Crippen LogP contribution in [0.2, 0.25) is 0 Å². The lowest BCUT2D eigenvalue weighted by atomic mass is 10.0. The zero-order valence-corrected chi connectivity index (χ0v) is 10.6. The summed E-state index contributed by atoms with van der Waals surface area (Å²) < 4.78 is 18.4. The first kappa shape index (κ1) is 14.1. The van der Waals surface area contributed by atoms with Crippen LogP contribution in [-0.4, -0.2) is 25.2 Å². The average Bonchev–Trinajstić information content (AvgIpc) is 2.28. The molecule has 0 aliphatic carbocycles. The molecule has 1 aromatic rings. The fraction of sp³-hybridized carbons (Fsp3) is 0.385. The van der Waals surface area contributed by atoms with Gasteiger partial charge in [0.25, 0.3) is 5.91 Å². The SMILES string of the molecule is COC[C@](C)(C#N)NC(=O)c1ccc(C)cc1F. The first-order chi connectivity index (χ1) is 8.41.